The summed E-state index contributed by atoms with van der Waals surface area (Å²) in [6.07, 6.45) is 6.47. The van der Waals surface area contributed by atoms with E-state index in [0.29, 0.717) is 30.0 Å². The summed E-state index contributed by atoms with van der Waals surface area (Å²) in [5, 5.41) is 13.4. The first kappa shape index (κ1) is 28.3. The molecule has 0 unspecified atom stereocenters. The molecule has 2 aromatic carbocycles. The Hall–Kier alpha value is -2.84. The number of phenols is 1. The van der Waals surface area contributed by atoms with E-state index in [1.165, 1.54) is 54.6 Å². The maximum Gasteiger partial charge on any atom is 0.280 e. The fourth-order valence-electron chi connectivity index (χ4n) is 7.27. The number of amides is 1. The van der Waals surface area contributed by atoms with Gasteiger partial charge in [0.15, 0.2) is 5.01 Å². The quantitative estimate of drug-likeness (QED) is 0.164. The van der Waals surface area contributed by atoms with Crippen LogP contribution >= 0.6 is 11.3 Å². The van der Waals surface area contributed by atoms with E-state index in [9.17, 15) is 9.90 Å². The van der Waals surface area contributed by atoms with Crippen molar-refractivity contribution in [2.45, 2.75) is 71.4 Å². The molecule has 7 rings (SSSR count). The Balaban J connectivity index is 1.18. The highest BCUT2D eigenvalue weighted by molar-refractivity contribution is 7.20. The lowest BCUT2D eigenvalue weighted by Crippen LogP contribution is -2.41. The average Bonchev–Trinajstić information content (AvgIpc) is 3.34. The van der Waals surface area contributed by atoms with E-state index in [1.54, 1.807) is 12.1 Å². The number of hydrogen-bond acceptors (Lipinski definition) is 6. The molecule has 0 saturated heterocycles. The standard InChI is InChI=1S/C33H42N2O4SSi/c1-33(2,3)24-17-26(39-41(4)5)29-27(18-24)40-32(35-29)31(37)34-10-11-38-30(21-6-8-25(36)9-7-21)28-22-13-19-12-20(15-22)16-23(28)14-19/h6-9,17-20,22-23,36,41H,10-16H2,1-5H3,(H,34,37). The van der Waals surface area contributed by atoms with Gasteiger partial charge in [0.25, 0.3) is 5.91 Å². The number of fused-ring (bicyclic) bond motifs is 1. The smallest absolute Gasteiger partial charge is 0.280 e. The topological polar surface area (TPSA) is 80.7 Å². The first-order valence-electron chi connectivity index (χ1n) is 15.1. The van der Waals surface area contributed by atoms with E-state index in [1.807, 2.05) is 12.1 Å². The van der Waals surface area contributed by atoms with E-state index in [2.05, 4.69) is 51.3 Å². The van der Waals surface area contributed by atoms with Crippen LogP contribution in [-0.2, 0) is 10.2 Å². The van der Waals surface area contributed by atoms with Crippen LogP contribution in [0.15, 0.2) is 42.0 Å². The largest absolute Gasteiger partial charge is 0.545 e. The summed E-state index contributed by atoms with van der Waals surface area (Å²) in [4.78, 5) is 17.9. The molecule has 1 aromatic heterocycles. The monoisotopic (exact) mass is 590 g/mol. The predicted octanol–water partition coefficient (Wildman–Crippen LogP) is 7.28. The molecule has 1 amide bonds. The molecule has 3 aromatic rings. The fourth-order valence-corrected chi connectivity index (χ4v) is 8.90. The summed E-state index contributed by atoms with van der Waals surface area (Å²) < 4.78 is 13.7. The van der Waals surface area contributed by atoms with Gasteiger partial charge in [0, 0.05) is 5.56 Å². The van der Waals surface area contributed by atoms with Gasteiger partial charge in [-0.25, -0.2) is 4.98 Å². The SMILES string of the molecule is C[SiH](C)Oc1cc(C(C)(C)C)cc2sc(C(=O)NCCOC(=C3C4CC5CC(C4)CC3C5)c3ccc(O)cc3)nc12. The van der Waals surface area contributed by atoms with Crippen molar-refractivity contribution < 1.29 is 19.1 Å². The van der Waals surface area contributed by atoms with Gasteiger partial charge in [-0.15, -0.1) is 11.3 Å². The molecule has 4 fully saturated rings. The Morgan fingerprint density at radius 3 is 2.32 bits per heavy atom. The molecule has 4 bridgehead atoms. The molecule has 2 N–H and O–H groups in total. The van der Waals surface area contributed by atoms with Gasteiger partial charge in [0.1, 0.15) is 29.4 Å². The van der Waals surface area contributed by atoms with Gasteiger partial charge in [0.2, 0.25) is 9.04 Å². The third kappa shape index (κ3) is 5.91. The van der Waals surface area contributed by atoms with Gasteiger partial charge >= 0.3 is 0 Å². The van der Waals surface area contributed by atoms with E-state index in [-0.39, 0.29) is 17.1 Å². The summed E-state index contributed by atoms with van der Waals surface area (Å²) in [5.41, 5.74) is 4.40. The maximum atomic E-state index is 13.2. The highest BCUT2D eigenvalue weighted by Gasteiger charge is 2.46. The Morgan fingerprint density at radius 2 is 1.71 bits per heavy atom. The van der Waals surface area contributed by atoms with Crippen LogP contribution in [0, 0.1) is 23.7 Å². The van der Waals surface area contributed by atoms with Crippen molar-refractivity contribution in [1.29, 1.82) is 0 Å². The maximum absolute atomic E-state index is 13.2. The summed E-state index contributed by atoms with van der Waals surface area (Å²) in [5.74, 6) is 4.73. The van der Waals surface area contributed by atoms with Crippen molar-refractivity contribution in [3.8, 4) is 11.5 Å². The number of nitrogens with one attached hydrogen (secondary N) is 1. The molecule has 218 valence electrons. The van der Waals surface area contributed by atoms with Crippen LogP contribution in [0.2, 0.25) is 13.1 Å². The average molecular weight is 591 g/mol. The zero-order chi connectivity index (χ0) is 28.9. The normalized spacial score (nSPS) is 23.3. The van der Waals surface area contributed by atoms with Gasteiger partial charge in [0.05, 0.1) is 11.2 Å². The zero-order valence-electron chi connectivity index (χ0n) is 24.8. The molecule has 0 atom stereocenters. The van der Waals surface area contributed by atoms with Crippen LogP contribution in [0.3, 0.4) is 0 Å². The molecule has 1 heterocycles. The van der Waals surface area contributed by atoms with Crippen LogP contribution in [0.1, 0.15) is 73.8 Å². The molecule has 4 aliphatic carbocycles. The molecule has 4 aliphatic rings. The molecule has 0 spiro atoms. The van der Waals surface area contributed by atoms with Crippen LogP contribution in [-0.4, -0.2) is 38.2 Å². The first-order valence-corrected chi connectivity index (χ1v) is 18.7. The van der Waals surface area contributed by atoms with Crippen molar-refractivity contribution >= 4 is 42.3 Å². The van der Waals surface area contributed by atoms with E-state index in [4.69, 9.17) is 14.1 Å². The van der Waals surface area contributed by atoms with E-state index >= 15 is 0 Å². The number of allylic oxidation sites excluding steroid dienone is 1. The third-order valence-corrected chi connectivity index (χ3v) is 10.7. The number of carbonyl (C=O) groups is 1. The second-order valence-electron chi connectivity index (χ2n) is 13.5. The van der Waals surface area contributed by atoms with Gasteiger partial charge in [-0.2, -0.15) is 0 Å². The Labute approximate surface area is 248 Å². The molecule has 6 nitrogen and oxygen atoms in total. The van der Waals surface area contributed by atoms with Crippen molar-refractivity contribution in [3.63, 3.8) is 0 Å². The van der Waals surface area contributed by atoms with Gasteiger partial charge in [-0.1, -0.05) is 20.8 Å². The molecule has 0 radical (unpaired) electrons. The molecule has 4 saturated carbocycles. The second kappa shape index (κ2) is 11.1. The number of rotatable bonds is 8. The lowest BCUT2D eigenvalue weighted by molar-refractivity contribution is 0.0665. The Kier molecular flexibility index (Phi) is 7.66. The number of benzene rings is 2. The molecule has 41 heavy (non-hydrogen) atoms. The fraction of sp³-hybridized carbons (Fsp3) is 0.515. The molecular weight excluding hydrogens is 549 g/mol. The van der Waals surface area contributed by atoms with E-state index in [0.717, 1.165) is 39.1 Å². The molecule has 8 heteroatoms. The second-order valence-corrected chi connectivity index (χ2v) is 16.9. The van der Waals surface area contributed by atoms with Crippen LogP contribution < -0.4 is 9.74 Å². The lowest BCUT2D eigenvalue weighted by atomic mass is 9.54. The van der Waals surface area contributed by atoms with Crippen molar-refractivity contribution in [2.24, 2.45) is 23.7 Å². The lowest BCUT2D eigenvalue weighted by Gasteiger charge is -2.51. The molecule has 0 aliphatic heterocycles. The highest BCUT2D eigenvalue weighted by atomic mass is 32.1. The summed E-state index contributed by atoms with van der Waals surface area (Å²) in [6.45, 7) is 11.6. The summed E-state index contributed by atoms with van der Waals surface area (Å²) >= 11 is 1.42. The minimum Gasteiger partial charge on any atom is -0.545 e. The summed E-state index contributed by atoms with van der Waals surface area (Å²) in [6, 6.07) is 11.6. The minimum absolute atomic E-state index is 0.0322. The number of nitrogens with zero attached hydrogens (tertiary/aromatic N) is 1. The van der Waals surface area contributed by atoms with Gasteiger partial charge in [-0.3, -0.25) is 4.79 Å². The number of hydrogen-bond donors (Lipinski definition) is 2. The predicted molar refractivity (Wildman–Crippen MR) is 168 cm³/mol. The zero-order valence-corrected chi connectivity index (χ0v) is 26.8. The van der Waals surface area contributed by atoms with Gasteiger partial charge in [-0.05, 0) is 122 Å². The van der Waals surface area contributed by atoms with Gasteiger partial charge < -0.3 is 19.6 Å². The van der Waals surface area contributed by atoms with Crippen LogP contribution in [0.5, 0.6) is 11.5 Å². The number of thiazole rings is 1. The number of ether oxygens (including phenoxy) is 1. The molecular formula is C33H42N2O4SSi. The number of aromatic hydroxyl groups is 1. The Morgan fingerprint density at radius 1 is 1.05 bits per heavy atom. The number of phenolic OH excluding ortho intramolecular Hbond substituents is 1. The van der Waals surface area contributed by atoms with Crippen molar-refractivity contribution in [3.05, 3.63) is 58.1 Å². The van der Waals surface area contributed by atoms with Crippen molar-refractivity contribution in [1.82, 2.24) is 10.3 Å². The number of aromatic nitrogens is 1. The number of carbonyl (C=O) groups excluding carboxylic acids is 1. The van der Waals surface area contributed by atoms with Crippen LogP contribution in [0.25, 0.3) is 16.0 Å². The Bertz CT molecular complexity index is 1440. The first-order chi connectivity index (χ1) is 19.5. The van der Waals surface area contributed by atoms with E-state index < -0.39 is 9.04 Å². The van der Waals surface area contributed by atoms with Crippen LogP contribution in [0.4, 0.5) is 0 Å². The van der Waals surface area contributed by atoms with Crippen molar-refractivity contribution in [2.75, 3.05) is 13.2 Å². The summed E-state index contributed by atoms with van der Waals surface area (Å²) in [7, 11) is -1.35. The highest BCUT2D eigenvalue weighted by Crippen LogP contribution is 2.58. The minimum atomic E-state index is -1.35. The third-order valence-electron chi connectivity index (χ3n) is 8.93.